The maximum absolute atomic E-state index is 12.3. The van der Waals surface area contributed by atoms with Crippen LogP contribution in [0.15, 0.2) is 0 Å². The first-order valence-electron chi connectivity index (χ1n) is 6.61. The lowest BCUT2D eigenvalue weighted by Crippen LogP contribution is -2.60. The van der Waals surface area contributed by atoms with Gasteiger partial charge in [0.25, 0.3) is 0 Å². The molecule has 4 unspecified atom stereocenters. The third-order valence-electron chi connectivity index (χ3n) is 4.17. The molecule has 96 valence electrons. The van der Waals surface area contributed by atoms with E-state index in [0.29, 0.717) is 5.92 Å². The van der Waals surface area contributed by atoms with Crippen molar-refractivity contribution in [2.75, 3.05) is 13.1 Å². The Morgan fingerprint density at radius 2 is 2.12 bits per heavy atom. The molecule has 0 aromatic heterocycles. The van der Waals surface area contributed by atoms with Gasteiger partial charge in [-0.1, -0.05) is 27.2 Å². The summed E-state index contributed by atoms with van der Waals surface area (Å²) in [5.74, 6) is 1.64. The minimum absolute atomic E-state index is 0.0109. The molecule has 2 fully saturated rings. The van der Waals surface area contributed by atoms with Crippen molar-refractivity contribution in [1.82, 2.24) is 10.2 Å². The molecule has 4 nitrogen and oxygen atoms in total. The van der Waals surface area contributed by atoms with Crippen molar-refractivity contribution in [3.8, 4) is 0 Å². The Morgan fingerprint density at radius 3 is 2.65 bits per heavy atom. The van der Waals surface area contributed by atoms with Crippen LogP contribution in [0.5, 0.6) is 0 Å². The average molecular weight is 238 g/mol. The second kappa shape index (κ2) is 4.67. The van der Waals surface area contributed by atoms with Gasteiger partial charge < -0.3 is 10.2 Å². The quantitative estimate of drug-likeness (QED) is 0.795. The average Bonchev–Trinajstić information content (AvgIpc) is 2.98. The number of carbonyl (C=O) groups is 2. The summed E-state index contributed by atoms with van der Waals surface area (Å²) in [6, 6.07) is -0.310. The molecule has 1 aliphatic carbocycles. The number of hydrogen-bond acceptors (Lipinski definition) is 2. The van der Waals surface area contributed by atoms with E-state index in [1.54, 1.807) is 4.90 Å². The Morgan fingerprint density at radius 1 is 1.47 bits per heavy atom. The van der Waals surface area contributed by atoms with Crippen LogP contribution in [0, 0.1) is 17.8 Å². The lowest BCUT2D eigenvalue weighted by molar-refractivity contribution is -0.146. The van der Waals surface area contributed by atoms with E-state index in [2.05, 4.69) is 12.2 Å². The highest BCUT2D eigenvalue weighted by molar-refractivity contribution is 5.95. The first-order valence-corrected chi connectivity index (χ1v) is 6.61. The fraction of sp³-hybridized carbons (Fsp3) is 0.846. The van der Waals surface area contributed by atoms with Crippen LogP contribution in [0.4, 0.5) is 0 Å². The van der Waals surface area contributed by atoms with Crippen molar-refractivity contribution in [1.29, 1.82) is 0 Å². The van der Waals surface area contributed by atoms with Crippen molar-refractivity contribution in [3.05, 3.63) is 0 Å². The minimum atomic E-state index is -0.310. The maximum atomic E-state index is 12.3. The maximum Gasteiger partial charge on any atom is 0.245 e. The number of amides is 2. The number of nitrogens with zero attached hydrogens (tertiary/aromatic N) is 1. The topological polar surface area (TPSA) is 49.4 Å². The third kappa shape index (κ3) is 2.61. The molecule has 17 heavy (non-hydrogen) atoms. The van der Waals surface area contributed by atoms with Gasteiger partial charge in [-0.25, -0.2) is 0 Å². The van der Waals surface area contributed by atoms with Gasteiger partial charge in [0.05, 0.1) is 6.54 Å². The van der Waals surface area contributed by atoms with Gasteiger partial charge in [-0.05, 0) is 24.2 Å². The van der Waals surface area contributed by atoms with E-state index in [1.807, 2.05) is 13.8 Å². The first-order chi connectivity index (χ1) is 8.02. The van der Waals surface area contributed by atoms with Crippen LogP contribution >= 0.6 is 0 Å². The fourth-order valence-corrected chi connectivity index (χ4v) is 2.44. The van der Waals surface area contributed by atoms with Gasteiger partial charge in [-0.2, -0.15) is 0 Å². The van der Waals surface area contributed by atoms with E-state index in [4.69, 9.17) is 0 Å². The lowest BCUT2D eigenvalue weighted by atomic mass is 9.96. The van der Waals surface area contributed by atoms with Crippen LogP contribution < -0.4 is 5.32 Å². The van der Waals surface area contributed by atoms with Gasteiger partial charge in [-0.3, -0.25) is 9.59 Å². The van der Waals surface area contributed by atoms with Crippen LogP contribution in [-0.2, 0) is 9.59 Å². The number of nitrogens with one attached hydrogen (secondary N) is 1. The molecule has 1 heterocycles. The molecule has 4 heteroatoms. The summed E-state index contributed by atoms with van der Waals surface area (Å²) in [6.45, 7) is 7.28. The Labute approximate surface area is 103 Å². The number of hydrogen-bond donors (Lipinski definition) is 1. The molecule has 4 atom stereocenters. The molecule has 1 saturated heterocycles. The second-order valence-electron chi connectivity index (χ2n) is 5.62. The highest BCUT2D eigenvalue weighted by atomic mass is 16.2. The summed E-state index contributed by atoms with van der Waals surface area (Å²) in [4.78, 5) is 25.6. The molecule has 1 N–H and O–H groups in total. The number of rotatable bonds is 4. The zero-order chi connectivity index (χ0) is 12.6. The van der Waals surface area contributed by atoms with Crippen molar-refractivity contribution >= 4 is 11.8 Å². The van der Waals surface area contributed by atoms with Crippen LogP contribution in [0.3, 0.4) is 0 Å². The van der Waals surface area contributed by atoms with Crippen molar-refractivity contribution in [2.45, 2.75) is 39.7 Å². The van der Waals surface area contributed by atoms with Gasteiger partial charge in [0.1, 0.15) is 6.04 Å². The molecule has 1 aliphatic heterocycles. The largest absolute Gasteiger partial charge is 0.342 e. The highest BCUT2D eigenvalue weighted by Gasteiger charge is 2.40. The Hall–Kier alpha value is -1.06. The van der Waals surface area contributed by atoms with E-state index in [-0.39, 0.29) is 30.3 Å². The minimum Gasteiger partial charge on any atom is -0.342 e. The molecular weight excluding hydrogens is 216 g/mol. The van der Waals surface area contributed by atoms with E-state index in [0.717, 1.165) is 18.9 Å². The summed E-state index contributed by atoms with van der Waals surface area (Å²) in [6.07, 6.45) is 2.10. The van der Waals surface area contributed by atoms with E-state index < -0.39 is 0 Å². The Balaban J connectivity index is 2.00. The normalized spacial score (nSPS) is 34.5. The van der Waals surface area contributed by atoms with Crippen LogP contribution in [0.2, 0.25) is 0 Å². The van der Waals surface area contributed by atoms with Gasteiger partial charge in [0.2, 0.25) is 11.8 Å². The molecule has 0 bridgehead atoms. The summed E-state index contributed by atoms with van der Waals surface area (Å²) >= 11 is 0. The predicted molar refractivity (Wildman–Crippen MR) is 65.2 cm³/mol. The van der Waals surface area contributed by atoms with E-state index in [1.165, 1.54) is 6.42 Å². The standard InChI is InChI=1S/C13H22N2O2/c1-4-8(2)12-13(17)15(7-11(16)14-12)6-10-5-9(10)3/h8-10,12H,4-7H2,1-3H3,(H,14,16). The molecule has 0 aromatic rings. The smallest absolute Gasteiger partial charge is 0.245 e. The molecule has 1 saturated carbocycles. The summed E-state index contributed by atoms with van der Waals surface area (Å²) in [7, 11) is 0. The van der Waals surface area contributed by atoms with Gasteiger partial charge in [0.15, 0.2) is 0 Å². The zero-order valence-corrected chi connectivity index (χ0v) is 10.9. The van der Waals surface area contributed by atoms with Crippen LogP contribution in [-0.4, -0.2) is 35.8 Å². The van der Waals surface area contributed by atoms with E-state index >= 15 is 0 Å². The fourth-order valence-electron chi connectivity index (χ4n) is 2.44. The molecular formula is C13H22N2O2. The van der Waals surface area contributed by atoms with E-state index in [9.17, 15) is 9.59 Å². The SMILES string of the molecule is CCC(C)C1NC(=O)CN(CC2CC2C)C1=O. The summed E-state index contributed by atoms with van der Waals surface area (Å²) in [5.41, 5.74) is 0. The summed E-state index contributed by atoms with van der Waals surface area (Å²) < 4.78 is 0. The van der Waals surface area contributed by atoms with Gasteiger partial charge >= 0.3 is 0 Å². The zero-order valence-electron chi connectivity index (χ0n) is 10.9. The van der Waals surface area contributed by atoms with Crippen LogP contribution in [0.1, 0.15) is 33.6 Å². The van der Waals surface area contributed by atoms with Crippen molar-refractivity contribution in [2.24, 2.45) is 17.8 Å². The second-order valence-corrected chi connectivity index (χ2v) is 5.62. The van der Waals surface area contributed by atoms with Gasteiger partial charge in [0, 0.05) is 6.54 Å². The molecule has 2 amide bonds. The van der Waals surface area contributed by atoms with Crippen LogP contribution in [0.25, 0.3) is 0 Å². The van der Waals surface area contributed by atoms with Crippen molar-refractivity contribution < 1.29 is 9.59 Å². The lowest BCUT2D eigenvalue weighted by Gasteiger charge is -2.35. The Bertz CT molecular complexity index is 329. The van der Waals surface area contributed by atoms with Crippen molar-refractivity contribution in [3.63, 3.8) is 0 Å². The third-order valence-corrected chi connectivity index (χ3v) is 4.17. The predicted octanol–water partition coefficient (Wildman–Crippen LogP) is 1.02. The Kier molecular flexibility index (Phi) is 3.40. The molecule has 0 aromatic carbocycles. The highest BCUT2D eigenvalue weighted by Crippen LogP contribution is 2.38. The number of piperazine rings is 1. The molecule has 2 aliphatic rings. The number of carbonyl (C=O) groups excluding carboxylic acids is 2. The monoisotopic (exact) mass is 238 g/mol. The molecule has 2 rings (SSSR count). The summed E-state index contributed by atoms with van der Waals surface area (Å²) in [5, 5.41) is 2.82. The first kappa shape index (κ1) is 12.4. The molecule has 0 radical (unpaired) electrons. The molecule has 0 spiro atoms. The van der Waals surface area contributed by atoms with Gasteiger partial charge in [-0.15, -0.1) is 0 Å².